The number of amides is 2. The largest absolute Gasteiger partial charge is 0.416 e. The third-order valence-electron chi connectivity index (χ3n) is 9.54. The van der Waals surface area contributed by atoms with E-state index in [1.807, 2.05) is 13.8 Å². The number of hydrogen-bond donors (Lipinski definition) is 3. The summed E-state index contributed by atoms with van der Waals surface area (Å²) in [5.74, 6) is -3.65. The maximum atomic E-state index is 15.0. The summed E-state index contributed by atoms with van der Waals surface area (Å²) in [6.07, 6.45) is -1.51. The summed E-state index contributed by atoms with van der Waals surface area (Å²) in [5, 5.41) is 17.2. The fourth-order valence-electron chi connectivity index (χ4n) is 6.90. The topological polar surface area (TPSA) is 81.7 Å². The van der Waals surface area contributed by atoms with Crippen LogP contribution in [0.15, 0.2) is 54.6 Å². The first-order valence-electron chi connectivity index (χ1n) is 16.7. The van der Waals surface area contributed by atoms with Crippen LogP contribution in [-0.2, 0) is 24.6 Å². The summed E-state index contributed by atoms with van der Waals surface area (Å²) in [5.41, 5.74) is -0.721. The fraction of sp³-hybridized carbons (Fsp3) is 0.459. The number of carbonyl (C=O) groups is 2. The van der Waals surface area contributed by atoms with Gasteiger partial charge >= 0.3 is 6.18 Å². The molecule has 0 unspecified atom stereocenters. The lowest BCUT2D eigenvalue weighted by Gasteiger charge is -2.36. The summed E-state index contributed by atoms with van der Waals surface area (Å²) in [6, 6.07) is 8.72. The van der Waals surface area contributed by atoms with Crippen LogP contribution in [0, 0.1) is 17.5 Å². The van der Waals surface area contributed by atoms with Crippen LogP contribution in [0.5, 0.6) is 0 Å². The fourth-order valence-corrected chi connectivity index (χ4v) is 6.90. The number of hydrogen-bond acceptors (Lipinski definition) is 4. The molecule has 5 rings (SSSR count). The van der Waals surface area contributed by atoms with Gasteiger partial charge in [-0.2, -0.15) is 13.2 Å². The maximum absolute atomic E-state index is 15.0. The number of fused-ring (bicyclic) bond motifs is 1. The lowest BCUT2D eigenvalue weighted by Crippen LogP contribution is -2.50. The van der Waals surface area contributed by atoms with E-state index < -0.39 is 52.8 Å². The van der Waals surface area contributed by atoms with Gasteiger partial charge in [-0.25, -0.2) is 13.2 Å². The van der Waals surface area contributed by atoms with Crippen molar-refractivity contribution >= 4 is 24.2 Å². The number of halogens is 7. The molecule has 1 saturated carbocycles. The van der Waals surface area contributed by atoms with Crippen LogP contribution < -0.4 is 10.6 Å². The van der Waals surface area contributed by atoms with Gasteiger partial charge in [0.1, 0.15) is 17.5 Å². The molecule has 6 nitrogen and oxygen atoms in total. The average Bonchev–Trinajstić information content (AvgIpc) is 3.84. The Morgan fingerprint density at radius 1 is 0.960 bits per heavy atom. The predicted molar refractivity (Wildman–Crippen MR) is 180 cm³/mol. The Balaban J connectivity index is 0.00000562. The number of rotatable bonds is 14. The second-order valence-electron chi connectivity index (χ2n) is 13.1. The van der Waals surface area contributed by atoms with Crippen molar-refractivity contribution in [2.45, 2.75) is 95.1 Å². The number of aliphatic hydroxyl groups is 1. The Labute approximate surface area is 294 Å². The highest BCUT2D eigenvalue weighted by atomic mass is 35.5. The van der Waals surface area contributed by atoms with Crippen molar-refractivity contribution in [2.75, 3.05) is 13.1 Å². The van der Waals surface area contributed by atoms with Crippen molar-refractivity contribution < 1.29 is 41.0 Å². The molecule has 272 valence electrons. The number of nitrogens with one attached hydrogen (secondary N) is 2. The van der Waals surface area contributed by atoms with E-state index in [-0.39, 0.29) is 54.0 Å². The molecule has 50 heavy (non-hydrogen) atoms. The summed E-state index contributed by atoms with van der Waals surface area (Å²) in [4.78, 5) is 29.1. The van der Waals surface area contributed by atoms with Gasteiger partial charge in [0.05, 0.1) is 17.7 Å². The molecular formula is C37H42ClF6N3O3. The summed E-state index contributed by atoms with van der Waals surface area (Å²) < 4.78 is 83.4. The number of alkyl halides is 3. The van der Waals surface area contributed by atoms with Crippen LogP contribution in [0.1, 0.15) is 95.3 Å². The SMILES string of the molecule is CCCC(CCC)N1CCc2c(C(=O)N[C@@H](Cc3cc(F)cc(F)c3)[C@@H](O)CNC3(c4cccc(C(F)(F)F)c4)CC3)cc(F)cc2C1=O.Cl. The molecule has 0 saturated heterocycles. The summed E-state index contributed by atoms with van der Waals surface area (Å²) in [7, 11) is 0. The van der Waals surface area contributed by atoms with E-state index in [9.17, 15) is 36.6 Å². The summed E-state index contributed by atoms with van der Waals surface area (Å²) >= 11 is 0. The third kappa shape index (κ3) is 8.99. The zero-order chi connectivity index (χ0) is 35.5. The van der Waals surface area contributed by atoms with E-state index in [1.165, 1.54) is 6.07 Å². The van der Waals surface area contributed by atoms with Gasteiger partial charge in [0.25, 0.3) is 11.8 Å². The van der Waals surface area contributed by atoms with Crippen LogP contribution >= 0.6 is 12.4 Å². The predicted octanol–water partition coefficient (Wildman–Crippen LogP) is 7.49. The highest BCUT2D eigenvalue weighted by Crippen LogP contribution is 2.46. The molecule has 3 N–H and O–H groups in total. The highest BCUT2D eigenvalue weighted by molar-refractivity contribution is 6.03. The molecule has 2 amide bonds. The Morgan fingerprint density at radius 2 is 1.60 bits per heavy atom. The molecule has 0 bridgehead atoms. The van der Waals surface area contributed by atoms with Crippen molar-refractivity contribution in [3.8, 4) is 0 Å². The monoisotopic (exact) mass is 725 g/mol. The van der Waals surface area contributed by atoms with Crippen molar-refractivity contribution in [1.82, 2.24) is 15.5 Å². The molecule has 1 fully saturated rings. The second kappa shape index (κ2) is 16.2. The van der Waals surface area contributed by atoms with Crippen LogP contribution in [0.3, 0.4) is 0 Å². The van der Waals surface area contributed by atoms with E-state index in [2.05, 4.69) is 10.6 Å². The molecule has 2 aliphatic rings. The quantitative estimate of drug-likeness (QED) is 0.151. The lowest BCUT2D eigenvalue weighted by atomic mass is 9.90. The van der Waals surface area contributed by atoms with Crippen LogP contribution in [-0.4, -0.2) is 53.1 Å². The molecule has 13 heteroatoms. The van der Waals surface area contributed by atoms with Gasteiger partial charge in [0.2, 0.25) is 0 Å². The van der Waals surface area contributed by atoms with Gasteiger partial charge in [0, 0.05) is 41.9 Å². The molecule has 0 spiro atoms. The summed E-state index contributed by atoms with van der Waals surface area (Å²) in [6.45, 7) is 4.21. The first kappa shape index (κ1) is 39.2. The van der Waals surface area contributed by atoms with E-state index in [0.717, 1.165) is 62.1 Å². The molecule has 3 aromatic rings. The van der Waals surface area contributed by atoms with E-state index in [1.54, 1.807) is 11.0 Å². The van der Waals surface area contributed by atoms with Gasteiger partial charge in [-0.1, -0.05) is 38.8 Å². The van der Waals surface area contributed by atoms with E-state index in [0.29, 0.717) is 43.0 Å². The second-order valence-corrected chi connectivity index (χ2v) is 13.1. The minimum Gasteiger partial charge on any atom is -0.390 e. The van der Waals surface area contributed by atoms with Gasteiger partial charge in [-0.15, -0.1) is 12.4 Å². The Hall–Kier alpha value is -3.61. The zero-order valence-corrected chi connectivity index (χ0v) is 28.7. The van der Waals surface area contributed by atoms with Gasteiger partial charge < -0.3 is 20.6 Å². The van der Waals surface area contributed by atoms with Gasteiger partial charge in [-0.3, -0.25) is 9.59 Å². The normalized spacial score (nSPS) is 16.4. The molecule has 1 aliphatic carbocycles. The smallest absolute Gasteiger partial charge is 0.390 e. The molecular weight excluding hydrogens is 684 g/mol. The Bertz CT molecular complexity index is 1660. The van der Waals surface area contributed by atoms with Gasteiger partial charge in [-0.05, 0) is 91.6 Å². The standard InChI is InChI=1S/C37H41F6N3O3.ClH/c1-3-6-28(7-4-2)46-13-10-29-30(19-27(40)20-31(29)35(46)49)34(48)45-32(16-22-14-25(38)18-26(39)15-22)33(47)21-44-36(11-12-36)23-8-5-9-24(17-23)37(41,42)43;/h5,8-9,14-15,17-20,28,32-33,44,47H,3-4,6-7,10-13,16,21H2,1-2H3,(H,45,48);1H/t32-,33-;/m0./s1. The van der Waals surface area contributed by atoms with E-state index >= 15 is 4.39 Å². The number of aliphatic hydroxyl groups excluding tert-OH is 1. The zero-order valence-electron chi connectivity index (χ0n) is 27.9. The number of benzene rings is 3. The Morgan fingerprint density at radius 3 is 2.20 bits per heavy atom. The molecule has 0 radical (unpaired) electrons. The van der Waals surface area contributed by atoms with Crippen LogP contribution in [0.4, 0.5) is 26.3 Å². The molecule has 0 aromatic heterocycles. The first-order chi connectivity index (χ1) is 23.2. The van der Waals surface area contributed by atoms with Crippen LogP contribution in [0.2, 0.25) is 0 Å². The average molecular weight is 726 g/mol. The molecule has 3 aromatic carbocycles. The minimum atomic E-state index is -4.53. The Kier molecular flexibility index (Phi) is 12.7. The number of nitrogens with zero attached hydrogens (tertiary/aromatic N) is 1. The van der Waals surface area contributed by atoms with Crippen molar-refractivity contribution in [2.24, 2.45) is 0 Å². The van der Waals surface area contributed by atoms with Crippen molar-refractivity contribution in [3.05, 3.63) is 105 Å². The van der Waals surface area contributed by atoms with Crippen molar-refractivity contribution in [1.29, 1.82) is 0 Å². The van der Waals surface area contributed by atoms with Crippen molar-refractivity contribution in [3.63, 3.8) is 0 Å². The highest BCUT2D eigenvalue weighted by Gasteiger charge is 2.45. The minimum absolute atomic E-state index is 0. The molecule has 2 atom stereocenters. The van der Waals surface area contributed by atoms with E-state index in [4.69, 9.17) is 0 Å². The lowest BCUT2D eigenvalue weighted by molar-refractivity contribution is -0.137. The van der Waals surface area contributed by atoms with Crippen LogP contribution in [0.25, 0.3) is 0 Å². The van der Waals surface area contributed by atoms with Gasteiger partial charge in [0.15, 0.2) is 0 Å². The molecule has 1 heterocycles. The first-order valence-corrected chi connectivity index (χ1v) is 16.7. The maximum Gasteiger partial charge on any atom is 0.416 e. The number of carbonyl (C=O) groups excluding carboxylic acids is 2. The molecule has 1 aliphatic heterocycles. The third-order valence-corrected chi connectivity index (χ3v) is 9.54.